The Kier molecular flexibility index (Phi) is 41.6. The van der Waals surface area contributed by atoms with Crippen LogP contribution in [0, 0.1) is 6.92 Å². The minimum Gasteiger partial charge on any atom is -0.394 e. The van der Waals surface area contributed by atoms with Crippen LogP contribution in [0.4, 0.5) is 0 Å². The largest absolute Gasteiger partial charge is 0.394 e. The normalized spacial score (nSPS) is 10.8. The average Bonchev–Trinajstić information content (AvgIpc) is 3.14. The number of nitrogens with zero attached hydrogens (tertiary/aromatic N) is 6. The minimum atomic E-state index is -3.76. The average molecular weight is 785 g/mol. The fourth-order valence-corrected chi connectivity index (χ4v) is 4.20. The number of benzene rings is 1. The summed E-state index contributed by atoms with van der Waals surface area (Å²) >= 11 is 0. The van der Waals surface area contributed by atoms with Gasteiger partial charge in [-0.25, -0.2) is 0 Å². The number of hydrogen-bond acceptors (Lipinski definition) is 16. The van der Waals surface area contributed by atoms with Crippen molar-refractivity contribution in [2.24, 2.45) is 10.2 Å². The molecule has 1 rings (SSSR count). The van der Waals surface area contributed by atoms with E-state index in [9.17, 15) is 8.42 Å². The van der Waals surface area contributed by atoms with Crippen molar-refractivity contribution < 1.29 is 65.1 Å². The topological polar surface area (TPSA) is 253 Å². The van der Waals surface area contributed by atoms with Gasteiger partial charge in [-0.2, -0.15) is 8.42 Å². The summed E-state index contributed by atoms with van der Waals surface area (Å²) in [6.45, 7) is 11.1. The Labute approximate surface area is 313 Å². The van der Waals surface area contributed by atoms with E-state index in [1.165, 1.54) is 12.1 Å². The van der Waals surface area contributed by atoms with E-state index in [-0.39, 0.29) is 32.1 Å². The van der Waals surface area contributed by atoms with Crippen molar-refractivity contribution in [1.29, 1.82) is 0 Å². The van der Waals surface area contributed by atoms with Crippen molar-refractivity contribution in [1.82, 2.24) is 0 Å². The summed E-state index contributed by atoms with van der Waals surface area (Å²) in [5.41, 5.74) is 17.1. The molecule has 0 radical (unpaired) electrons. The van der Waals surface area contributed by atoms with Crippen molar-refractivity contribution >= 4 is 10.1 Å². The lowest BCUT2D eigenvalue weighted by Gasteiger charge is -2.08. The van der Waals surface area contributed by atoms with Gasteiger partial charge in [-0.3, -0.25) is 4.18 Å². The molecule has 21 heteroatoms. The summed E-state index contributed by atoms with van der Waals surface area (Å²) in [6, 6.07) is 6.46. The Morgan fingerprint density at radius 2 is 0.792 bits per heavy atom. The van der Waals surface area contributed by atoms with E-state index in [1.807, 2.05) is 6.92 Å². The maximum atomic E-state index is 12.0. The van der Waals surface area contributed by atoms with Crippen LogP contribution >= 0.6 is 0 Å². The van der Waals surface area contributed by atoms with Crippen LogP contribution in [-0.2, 0) is 61.7 Å². The van der Waals surface area contributed by atoms with Gasteiger partial charge in [0.15, 0.2) is 0 Å². The SMILES string of the molecule is C.Cc1ccc(S(=O)(=O)OCCOCCOCCOCCOCCOCCN=[N+]=[N-])cc1.[N-]=[N+]=NCCOCCOCCOCCOCCOCCO. The summed E-state index contributed by atoms with van der Waals surface area (Å²) in [6.07, 6.45) is 0. The first-order chi connectivity index (χ1) is 25.5. The molecule has 0 aliphatic carbocycles. The summed E-state index contributed by atoms with van der Waals surface area (Å²) in [5, 5.41) is 15.2. The third-order valence-corrected chi connectivity index (χ3v) is 7.11. The van der Waals surface area contributed by atoms with Crippen LogP contribution in [0.15, 0.2) is 39.4 Å². The molecule has 20 nitrogen and oxygen atoms in total. The monoisotopic (exact) mass is 784 g/mol. The van der Waals surface area contributed by atoms with Crippen LogP contribution in [-0.4, -0.2) is 172 Å². The Balaban J connectivity index is 0. The Bertz CT molecular complexity index is 1130. The molecule has 308 valence electrons. The van der Waals surface area contributed by atoms with E-state index in [0.29, 0.717) is 139 Å². The number of aliphatic hydroxyl groups excluding tert-OH is 1. The Morgan fingerprint density at radius 1 is 0.509 bits per heavy atom. The zero-order chi connectivity index (χ0) is 38.1. The predicted molar refractivity (Wildman–Crippen MR) is 194 cm³/mol. The van der Waals surface area contributed by atoms with E-state index in [0.717, 1.165) is 5.56 Å². The van der Waals surface area contributed by atoms with Gasteiger partial charge in [0.2, 0.25) is 0 Å². The summed E-state index contributed by atoms with van der Waals surface area (Å²) in [4.78, 5) is 5.36. The molecule has 53 heavy (non-hydrogen) atoms. The molecule has 0 spiro atoms. The smallest absolute Gasteiger partial charge is 0.297 e. The highest BCUT2D eigenvalue weighted by Gasteiger charge is 2.14. The standard InChI is InChI=1S/C19H31N3O8S.C12H25N3O6.CH4/c1-18-2-4-19(5-3-18)31(23,24)30-17-16-29-15-14-28-13-12-27-11-10-26-9-8-25-7-6-21-22-20;13-15-14-1-3-17-5-7-19-9-11-21-12-10-20-8-6-18-4-2-16;/h2-5H,6-17H2,1H3;16H,1-12H2;1H4. The number of aryl methyl sites for hydroxylation is 1. The van der Waals surface area contributed by atoms with E-state index < -0.39 is 10.1 Å². The van der Waals surface area contributed by atoms with Gasteiger partial charge in [0.05, 0.1) is 150 Å². The number of rotatable bonds is 37. The van der Waals surface area contributed by atoms with Crippen molar-refractivity contribution in [3.63, 3.8) is 0 Å². The van der Waals surface area contributed by atoms with Gasteiger partial charge in [0, 0.05) is 22.9 Å². The molecule has 0 heterocycles. The second-order valence-corrected chi connectivity index (χ2v) is 11.5. The second kappa shape index (κ2) is 42.1. The number of aliphatic hydroxyl groups is 1. The Hall–Kier alpha value is -2.69. The lowest BCUT2D eigenvalue weighted by atomic mass is 10.2. The summed E-state index contributed by atoms with van der Waals surface area (Å²) < 4.78 is 81.4. The molecule has 0 fully saturated rings. The highest BCUT2D eigenvalue weighted by molar-refractivity contribution is 7.86. The molecule has 0 aliphatic rings. The van der Waals surface area contributed by atoms with Crippen LogP contribution in [0.25, 0.3) is 20.9 Å². The molecule has 0 amide bonds. The van der Waals surface area contributed by atoms with Crippen LogP contribution < -0.4 is 0 Å². The molecule has 0 atom stereocenters. The van der Waals surface area contributed by atoms with Crippen molar-refractivity contribution in [3.05, 3.63) is 50.7 Å². The zero-order valence-electron chi connectivity index (χ0n) is 30.1. The van der Waals surface area contributed by atoms with Gasteiger partial charge in [0.25, 0.3) is 10.1 Å². The lowest BCUT2D eigenvalue weighted by molar-refractivity contribution is -0.0128. The first-order valence-electron chi connectivity index (χ1n) is 16.8. The lowest BCUT2D eigenvalue weighted by Crippen LogP contribution is -2.15. The first-order valence-corrected chi connectivity index (χ1v) is 18.2. The van der Waals surface area contributed by atoms with Crippen LogP contribution in [0.3, 0.4) is 0 Å². The third kappa shape index (κ3) is 38.8. The van der Waals surface area contributed by atoms with Gasteiger partial charge in [-0.15, -0.1) is 0 Å². The van der Waals surface area contributed by atoms with E-state index >= 15 is 0 Å². The van der Waals surface area contributed by atoms with E-state index in [2.05, 4.69) is 20.1 Å². The molecular weight excluding hydrogens is 724 g/mol. The molecule has 0 bridgehead atoms. The summed E-state index contributed by atoms with van der Waals surface area (Å²) in [7, 11) is -3.76. The number of hydrogen-bond donors (Lipinski definition) is 1. The van der Waals surface area contributed by atoms with Gasteiger partial charge in [-0.05, 0) is 30.1 Å². The molecule has 0 unspecified atom stereocenters. The molecule has 0 saturated heterocycles. The molecule has 1 N–H and O–H groups in total. The molecule has 0 aromatic heterocycles. The second-order valence-electron chi connectivity index (χ2n) is 9.85. The zero-order valence-corrected chi connectivity index (χ0v) is 30.9. The van der Waals surface area contributed by atoms with Gasteiger partial charge in [-0.1, -0.05) is 35.4 Å². The molecule has 0 aliphatic heterocycles. The van der Waals surface area contributed by atoms with Crippen LogP contribution in [0.1, 0.15) is 13.0 Å². The predicted octanol–water partition coefficient (Wildman–Crippen LogP) is 3.10. The highest BCUT2D eigenvalue weighted by Crippen LogP contribution is 2.12. The quantitative estimate of drug-likeness (QED) is 0.0335. The molecule has 0 saturated carbocycles. The summed E-state index contributed by atoms with van der Waals surface area (Å²) in [5.74, 6) is 0. The molecular formula is C32H60N6O14S. The van der Waals surface area contributed by atoms with Gasteiger partial charge < -0.3 is 52.5 Å². The van der Waals surface area contributed by atoms with Crippen molar-refractivity contribution in [3.8, 4) is 0 Å². The van der Waals surface area contributed by atoms with Crippen LogP contribution in [0.2, 0.25) is 0 Å². The van der Waals surface area contributed by atoms with E-state index in [4.69, 9.17) is 67.7 Å². The van der Waals surface area contributed by atoms with Crippen LogP contribution in [0.5, 0.6) is 0 Å². The fraction of sp³-hybridized carbons (Fsp3) is 0.812. The first kappa shape index (κ1) is 52.4. The fourth-order valence-electron chi connectivity index (χ4n) is 3.30. The third-order valence-electron chi connectivity index (χ3n) is 5.79. The maximum Gasteiger partial charge on any atom is 0.297 e. The minimum absolute atomic E-state index is 0. The highest BCUT2D eigenvalue weighted by atomic mass is 32.2. The number of ether oxygens (including phenoxy) is 10. The molecule has 1 aromatic carbocycles. The Morgan fingerprint density at radius 3 is 1.09 bits per heavy atom. The molecule has 1 aromatic rings. The van der Waals surface area contributed by atoms with E-state index in [1.54, 1.807) is 12.1 Å². The van der Waals surface area contributed by atoms with Gasteiger partial charge in [0.1, 0.15) is 0 Å². The number of azide groups is 2. The van der Waals surface area contributed by atoms with Crippen molar-refractivity contribution in [2.75, 3.05) is 158 Å². The van der Waals surface area contributed by atoms with Gasteiger partial charge >= 0.3 is 0 Å². The maximum absolute atomic E-state index is 12.0. The van der Waals surface area contributed by atoms with Crippen molar-refractivity contribution in [2.45, 2.75) is 19.2 Å².